The van der Waals surface area contributed by atoms with E-state index in [1.54, 1.807) is 0 Å². The van der Waals surface area contributed by atoms with Crippen molar-refractivity contribution in [3.05, 3.63) is 0 Å². The van der Waals surface area contributed by atoms with E-state index < -0.39 is 15.9 Å². The van der Waals surface area contributed by atoms with Gasteiger partial charge in [0.25, 0.3) is 0 Å². The molecule has 1 saturated carbocycles. The summed E-state index contributed by atoms with van der Waals surface area (Å²) in [6.07, 6.45) is 2.79. The monoisotopic (exact) mass is 279 g/mol. The fourth-order valence-electron chi connectivity index (χ4n) is 1.98. The van der Waals surface area contributed by atoms with Gasteiger partial charge in [0.1, 0.15) is 0 Å². The van der Waals surface area contributed by atoms with Gasteiger partial charge >= 0.3 is 5.97 Å². The Morgan fingerprint density at radius 3 is 2.39 bits per heavy atom. The molecule has 106 valence electrons. The average Bonchev–Trinajstić information content (AvgIpc) is 2.27. The predicted octanol–water partition coefficient (Wildman–Crippen LogP) is 0.406. The van der Waals surface area contributed by atoms with Crippen molar-refractivity contribution in [1.29, 1.82) is 0 Å². The maximum atomic E-state index is 11.6. The lowest BCUT2D eigenvalue weighted by atomic mass is 9.87. The van der Waals surface area contributed by atoms with E-state index in [1.807, 2.05) is 0 Å². The number of hydrogen-bond acceptors (Lipinski definition) is 6. The van der Waals surface area contributed by atoms with Gasteiger partial charge in [-0.05, 0) is 38.5 Å². The van der Waals surface area contributed by atoms with Crippen molar-refractivity contribution in [3.63, 3.8) is 0 Å². The summed E-state index contributed by atoms with van der Waals surface area (Å²) in [6, 6.07) is 0. The minimum atomic E-state index is -4.17. The van der Waals surface area contributed by atoms with Gasteiger partial charge in [-0.2, -0.15) is 0 Å². The number of esters is 1. The summed E-state index contributed by atoms with van der Waals surface area (Å²) in [5.41, 5.74) is 0. The van der Waals surface area contributed by atoms with Crippen molar-refractivity contribution in [2.24, 2.45) is 5.92 Å². The van der Waals surface area contributed by atoms with Crippen LogP contribution in [0.5, 0.6) is 0 Å². The molecule has 7 heteroatoms. The summed E-state index contributed by atoms with van der Waals surface area (Å²) in [6.45, 7) is 0.146. The van der Waals surface area contributed by atoms with Crippen molar-refractivity contribution in [2.45, 2.75) is 44.6 Å². The summed E-state index contributed by atoms with van der Waals surface area (Å²) in [7, 11) is -4.17. The molecule has 0 heterocycles. The molecule has 0 amide bonds. The van der Waals surface area contributed by atoms with Crippen LogP contribution in [-0.2, 0) is 19.6 Å². The largest absolute Gasteiger partial charge is 0.748 e. The van der Waals surface area contributed by atoms with Crippen LogP contribution in [0.1, 0.15) is 38.5 Å². The summed E-state index contributed by atoms with van der Waals surface area (Å²) >= 11 is 0. The molecule has 0 aromatic rings. The van der Waals surface area contributed by atoms with E-state index in [-0.39, 0.29) is 31.0 Å². The second-order valence-electron chi connectivity index (χ2n) is 4.64. The first-order valence-electron chi connectivity index (χ1n) is 6.17. The van der Waals surface area contributed by atoms with Gasteiger partial charge in [-0.15, -0.1) is 0 Å². The Labute approximate surface area is 107 Å². The molecule has 18 heavy (non-hydrogen) atoms. The van der Waals surface area contributed by atoms with Gasteiger partial charge in [-0.25, -0.2) is 8.42 Å². The number of carbonyl (C=O) groups excluding carboxylic acids is 1. The van der Waals surface area contributed by atoms with Crippen molar-refractivity contribution in [1.82, 2.24) is 0 Å². The third-order valence-electron chi connectivity index (χ3n) is 3.06. The molecule has 0 saturated heterocycles. The molecule has 0 aliphatic heterocycles. The molecule has 6 nitrogen and oxygen atoms in total. The molecular weight excluding hydrogens is 260 g/mol. The van der Waals surface area contributed by atoms with Crippen LogP contribution in [0.15, 0.2) is 0 Å². The molecule has 0 atom stereocenters. The van der Waals surface area contributed by atoms with Gasteiger partial charge in [-0.1, -0.05) is 0 Å². The lowest BCUT2D eigenvalue weighted by Crippen LogP contribution is -2.26. The van der Waals surface area contributed by atoms with Crippen molar-refractivity contribution < 1.29 is 27.6 Å². The van der Waals surface area contributed by atoms with Crippen molar-refractivity contribution >= 4 is 16.1 Å². The van der Waals surface area contributed by atoms with Crippen molar-refractivity contribution in [2.75, 3.05) is 12.4 Å². The number of aliphatic hydroxyl groups excluding tert-OH is 1. The summed E-state index contributed by atoms with van der Waals surface area (Å²) in [5, 5.41) is 9.29. The topological polar surface area (TPSA) is 104 Å². The zero-order chi connectivity index (χ0) is 13.6. The molecule has 0 bridgehead atoms. The first-order valence-corrected chi connectivity index (χ1v) is 7.74. The lowest BCUT2D eigenvalue weighted by molar-refractivity contribution is -0.150. The SMILES string of the molecule is O=C(OCCCCS(=O)(=O)[O-])C1CCC(O)CC1. The van der Waals surface area contributed by atoms with E-state index in [9.17, 15) is 22.9 Å². The molecule has 0 spiro atoms. The van der Waals surface area contributed by atoms with Crippen molar-refractivity contribution in [3.8, 4) is 0 Å². The Morgan fingerprint density at radius 2 is 1.83 bits per heavy atom. The Balaban J connectivity index is 2.10. The molecule has 1 N–H and O–H groups in total. The molecule has 0 unspecified atom stereocenters. The van der Waals surface area contributed by atoms with Gasteiger partial charge < -0.3 is 14.4 Å². The molecule has 0 aromatic carbocycles. The third-order valence-corrected chi connectivity index (χ3v) is 3.85. The third kappa shape index (κ3) is 6.32. The van der Waals surface area contributed by atoms with Gasteiger partial charge in [-0.3, -0.25) is 4.79 Å². The average molecular weight is 279 g/mol. The van der Waals surface area contributed by atoms with E-state index in [1.165, 1.54) is 0 Å². The Bertz CT molecular complexity index is 356. The first kappa shape index (κ1) is 15.4. The van der Waals surface area contributed by atoms with E-state index in [2.05, 4.69) is 0 Å². The fourth-order valence-corrected chi connectivity index (χ4v) is 2.54. The minimum Gasteiger partial charge on any atom is -0.748 e. The molecule has 1 fully saturated rings. The smallest absolute Gasteiger partial charge is 0.308 e. The number of ether oxygens (including phenoxy) is 1. The molecule has 1 aliphatic rings. The van der Waals surface area contributed by atoms with E-state index in [4.69, 9.17) is 4.74 Å². The standard InChI is InChI=1S/C11H20O6S/c12-10-5-3-9(4-6-10)11(13)17-7-1-2-8-18(14,15)16/h9-10,12H,1-8H2,(H,14,15,16)/p-1. The quantitative estimate of drug-likeness (QED) is 0.429. The maximum absolute atomic E-state index is 11.6. The van der Waals surface area contributed by atoms with E-state index in [0.717, 1.165) is 0 Å². The normalized spacial score (nSPS) is 24.8. The Hall–Kier alpha value is -0.660. The van der Waals surface area contributed by atoms with Crippen LogP contribution >= 0.6 is 0 Å². The van der Waals surface area contributed by atoms with Gasteiger partial charge in [0.15, 0.2) is 0 Å². The second kappa shape index (κ2) is 7.06. The molecule has 1 aliphatic carbocycles. The van der Waals surface area contributed by atoms with Crippen LogP contribution in [0, 0.1) is 5.92 Å². The van der Waals surface area contributed by atoms with Crippen LogP contribution < -0.4 is 0 Å². The highest BCUT2D eigenvalue weighted by molar-refractivity contribution is 7.85. The Morgan fingerprint density at radius 1 is 1.22 bits per heavy atom. The fraction of sp³-hybridized carbons (Fsp3) is 0.909. The number of unbranched alkanes of at least 4 members (excludes halogenated alkanes) is 1. The first-order chi connectivity index (χ1) is 8.38. The van der Waals surface area contributed by atoms with Gasteiger partial charge in [0.05, 0.1) is 28.7 Å². The van der Waals surface area contributed by atoms with Crippen LogP contribution in [0.4, 0.5) is 0 Å². The minimum absolute atomic E-state index is 0.146. The predicted molar refractivity (Wildman–Crippen MR) is 62.7 cm³/mol. The zero-order valence-electron chi connectivity index (χ0n) is 10.2. The highest BCUT2D eigenvalue weighted by Gasteiger charge is 2.26. The van der Waals surface area contributed by atoms with Crippen LogP contribution in [0.25, 0.3) is 0 Å². The number of rotatable bonds is 6. The van der Waals surface area contributed by atoms with Gasteiger partial charge in [0.2, 0.25) is 0 Å². The maximum Gasteiger partial charge on any atom is 0.308 e. The highest BCUT2D eigenvalue weighted by atomic mass is 32.2. The molecular formula is C11H19O6S-. The lowest BCUT2D eigenvalue weighted by Gasteiger charge is -2.23. The molecule has 0 aromatic heterocycles. The number of aliphatic hydroxyl groups is 1. The van der Waals surface area contributed by atoms with E-state index in [0.29, 0.717) is 32.1 Å². The highest BCUT2D eigenvalue weighted by Crippen LogP contribution is 2.25. The van der Waals surface area contributed by atoms with E-state index >= 15 is 0 Å². The van der Waals surface area contributed by atoms with Crippen LogP contribution in [-0.4, -0.2) is 42.5 Å². The molecule has 1 rings (SSSR count). The number of carbonyl (C=O) groups is 1. The van der Waals surface area contributed by atoms with Crippen LogP contribution in [0.3, 0.4) is 0 Å². The second-order valence-corrected chi connectivity index (χ2v) is 6.17. The summed E-state index contributed by atoms with van der Waals surface area (Å²) < 4.78 is 36.0. The number of hydrogen-bond donors (Lipinski definition) is 1. The Kier molecular flexibility index (Phi) is 6.04. The molecule has 0 radical (unpaired) electrons. The summed E-state index contributed by atoms with van der Waals surface area (Å²) in [5.74, 6) is -0.858. The summed E-state index contributed by atoms with van der Waals surface area (Å²) in [4.78, 5) is 11.6. The zero-order valence-corrected chi connectivity index (χ0v) is 11.0. The van der Waals surface area contributed by atoms with Crippen LogP contribution in [0.2, 0.25) is 0 Å². The van der Waals surface area contributed by atoms with Gasteiger partial charge in [0, 0.05) is 5.75 Å².